The van der Waals surface area contributed by atoms with Crippen molar-refractivity contribution in [3.8, 4) is 0 Å². The highest BCUT2D eigenvalue weighted by molar-refractivity contribution is 5.80. The zero-order valence-electron chi connectivity index (χ0n) is 14.7. The van der Waals surface area contributed by atoms with Gasteiger partial charge in [-0.25, -0.2) is 4.79 Å². The van der Waals surface area contributed by atoms with E-state index in [4.69, 9.17) is 5.11 Å². The lowest BCUT2D eigenvalue weighted by Gasteiger charge is -2.08. The van der Waals surface area contributed by atoms with Crippen molar-refractivity contribution in [3.63, 3.8) is 0 Å². The first-order valence-electron chi connectivity index (χ1n) is 8.87. The predicted molar refractivity (Wildman–Crippen MR) is 99.0 cm³/mol. The van der Waals surface area contributed by atoms with Gasteiger partial charge in [0.2, 0.25) is 0 Å². The lowest BCUT2D eigenvalue weighted by atomic mass is 10.0. The Hall–Kier alpha value is -1.81. The van der Waals surface area contributed by atoms with Gasteiger partial charge in [0, 0.05) is 6.08 Å². The van der Waals surface area contributed by atoms with Gasteiger partial charge in [0.05, 0.1) is 6.10 Å². The Labute approximate surface area is 145 Å². The van der Waals surface area contributed by atoms with Crippen molar-refractivity contribution in [3.05, 3.63) is 48.3 Å². The summed E-state index contributed by atoms with van der Waals surface area (Å²) >= 11 is 0. The molecule has 136 valence electrons. The molecule has 0 spiro atoms. The molecule has 0 aliphatic heterocycles. The van der Waals surface area contributed by atoms with E-state index in [1.807, 2.05) is 12.2 Å². The summed E-state index contributed by atoms with van der Waals surface area (Å²) < 4.78 is 0. The number of aliphatic carboxylic acids is 1. The molecule has 0 saturated heterocycles. The third kappa shape index (κ3) is 16.6. The second-order valence-corrected chi connectivity index (χ2v) is 5.86. The highest BCUT2D eigenvalue weighted by Gasteiger charge is 2.02. The van der Waals surface area contributed by atoms with Gasteiger partial charge in [-0.3, -0.25) is 0 Å². The molecule has 0 saturated carbocycles. The maximum absolute atomic E-state index is 10.2. The SMILES string of the molecule is CCCCCCCCC(O)CCC=CC=CC(O)=CC=CC(=O)O. The molecule has 0 heterocycles. The number of carbonyl (C=O) groups is 1. The lowest BCUT2D eigenvalue weighted by Crippen LogP contribution is -2.05. The number of rotatable bonds is 14. The van der Waals surface area contributed by atoms with Gasteiger partial charge in [-0.05, 0) is 31.4 Å². The van der Waals surface area contributed by atoms with Gasteiger partial charge in [-0.2, -0.15) is 0 Å². The van der Waals surface area contributed by atoms with Gasteiger partial charge in [0.25, 0.3) is 0 Å². The number of carboxylic acid groups (broad SMARTS) is 1. The van der Waals surface area contributed by atoms with Gasteiger partial charge in [0.15, 0.2) is 0 Å². The first-order valence-corrected chi connectivity index (χ1v) is 8.87. The average molecular weight is 336 g/mol. The molecule has 4 heteroatoms. The first kappa shape index (κ1) is 22.2. The number of aliphatic hydroxyl groups excluding tert-OH is 2. The fourth-order valence-electron chi connectivity index (χ4n) is 2.21. The zero-order chi connectivity index (χ0) is 18.0. The van der Waals surface area contributed by atoms with Crippen LogP contribution in [0.15, 0.2) is 48.3 Å². The normalized spacial score (nSPS) is 14.2. The van der Waals surface area contributed by atoms with Crippen molar-refractivity contribution in [2.24, 2.45) is 0 Å². The fraction of sp³-hybridized carbons (Fsp3) is 0.550. The van der Waals surface area contributed by atoms with Crippen LogP contribution in [0.3, 0.4) is 0 Å². The number of carboxylic acids is 1. The van der Waals surface area contributed by atoms with Crippen LogP contribution in [0.25, 0.3) is 0 Å². The average Bonchev–Trinajstić information content (AvgIpc) is 2.53. The summed E-state index contributed by atoms with van der Waals surface area (Å²) in [5.74, 6) is -1.07. The van der Waals surface area contributed by atoms with Crippen LogP contribution in [0.5, 0.6) is 0 Å². The van der Waals surface area contributed by atoms with Gasteiger partial charge >= 0.3 is 5.97 Å². The topological polar surface area (TPSA) is 77.8 Å². The molecule has 4 nitrogen and oxygen atoms in total. The van der Waals surface area contributed by atoms with Crippen LogP contribution in [-0.2, 0) is 4.79 Å². The van der Waals surface area contributed by atoms with Crippen LogP contribution in [-0.4, -0.2) is 27.4 Å². The van der Waals surface area contributed by atoms with Crippen LogP contribution in [0.4, 0.5) is 0 Å². The minimum Gasteiger partial charge on any atom is -0.508 e. The van der Waals surface area contributed by atoms with Crippen molar-refractivity contribution in [2.45, 2.75) is 70.8 Å². The molecule has 0 rings (SSSR count). The largest absolute Gasteiger partial charge is 0.508 e. The van der Waals surface area contributed by atoms with E-state index in [-0.39, 0.29) is 11.9 Å². The number of allylic oxidation sites excluding steroid dienone is 6. The molecule has 1 unspecified atom stereocenters. The minimum absolute atomic E-state index is 0.0137. The molecule has 0 aliphatic carbocycles. The van der Waals surface area contributed by atoms with E-state index in [0.717, 1.165) is 31.8 Å². The van der Waals surface area contributed by atoms with E-state index in [1.165, 1.54) is 50.3 Å². The Bertz CT molecular complexity index is 433. The van der Waals surface area contributed by atoms with E-state index >= 15 is 0 Å². The van der Waals surface area contributed by atoms with E-state index in [1.54, 1.807) is 6.08 Å². The standard InChI is InChI=1S/C20H32O4/c1-2-3-4-5-6-9-13-18(21)14-10-7-8-11-15-19(22)16-12-17-20(23)24/h7-8,11-12,15-18,21-22H,2-6,9-10,13-14H2,1H3,(H,23,24). The fourth-order valence-corrected chi connectivity index (χ4v) is 2.21. The summed E-state index contributed by atoms with van der Waals surface area (Å²) in [5, 5.41) is 27.7. The van der Waals surface area contributed by atoms with E-state index in [2.05, 4.69) is 6.92 Å². The Balaban J connectivity index is 3.72. The first-order chi connectivity index (χ1) is 11.6. The highest BCUT2D eigenvalue weighted by atomic mass is 16.4. The molecule has 0 aromatic rings. The molecule has 0 aromatic carbocycles. The Morgan fingerprint density at radius 2 is 1.62 bits per heavy atom. The van der Waals surface area contributed by atoms with Crippen molar-refractivity contribution in [1.29, 1.82) is 0 Å². The van der Waals surface area contributed by atoms with Gasteiger partial charge in [0.1, 0.15) is 5.76 Å². The Morgan fingerprint density at radius 3 is 2.33 bits per heavy atom. The van der Waals surface area contributed by atoms with Crippen LogP contribution in [0, 0.1) is 0 Å². The molecular formula is C20H32O4. The molecule has 0 fully saturated rings. The van der Waals surface area contributed by atoms with Gasteiger partial charge < -0.3 is 15.3 Å². The molecule has 0 aromatic heterocycles. The van der Waals surface area contributed by atoms with Crippen molar-refractivity contribution in [1.82, 2.24) is 0 Å². The summed E-state index contributed by atoms with van der Waals surface area (Å²) in [6.45, 7) is 2.21. The molecule has 3 N–H and O–H groups in total. The summed E-state index contributed by atoms with van der Waals surface area (Å²) in [7, 11) is 0. The molecule has 24 heavy (non-hydrogen) atoms. The molecular weight excluding hydrogens is 304 g/mol. The predicted octanol–water partition coefficient (Wildman–Crippen LogP) is 5.07. The second kappa shape index (κ2) is 16.1. The summed E-state index contributed by atoms with van der Waals surface area (Å²) in [5.41, 5.74) is 0. The number of hydrogen-bond acceptors (Lipinski definition) is 3. The Morgan fingerprint density at radius 1 is 0.917 bits per heavy atom. The van der Waals surface area contributed by atoms with Crippen LogP contribution < -0.4 is 0 Å². The Kier molecular flexibility index (Phi) is 14.9. The number of aliphatic hydroxyl groups is 2. The number of hydrogen-bond donors (Lipinski definition) is 3. The van der Waals surface area contributed by atoms with Gasteiger partial charge in [-0.1, -0.05) is 69.8 Å². The number of unbranched alkanes of at least 4 members (excludes halogenated alkanes) is 5. The van der Waals surface area contributed by atoms with Crippen molar-refractivity contribution < 1.29 is 20.1 Å². The summed E-state index contributed by atoms with van der Waals surface area (Å²) in [4.78, 5) is 10.2. The maximum atomic E-state index is 10.2. The van der Waals surface area contributed by atoms with Crippen LogP contribution in [0.2, 0.25) is 0 Å². The van der Waals surface area contributed by atoms with Crippen molar-refractivity contribution in [2.75, 3.05) is 0 Å². The quantitative estimate of drug-likeness (QED) is 0.179. The molecule has 0 aliphatic rings. The third-order valence-corrected chi connectivity index (χ3v) is 3.58. The monoisotopic (exact) mass is 336 g/mol. The van der Waals surface area contributed by atoms with Crippen LogP contribution >= 0.6 is 0 Å². The minimum atomic E-state index is -1.05. The smallest absolute Gasteiger partial charge is 0.328 e. The third-order valence-electron chi connectivity index (χ3n) is 3.58. The molecule has 0 radical (unpaired) electrons. The zero-order valence-corrected chi connectivity index (χ0v) is 14.7. The van der Waals surface area contributed by atoms with Crippen molar-refractivity contribution >= 4 is 5.97 Å². The van der Waals surface area contributed by atoms with Crippen LogP contribution in [0.1, 0.15) is 64.7 Å². The molecule has 0 bridgehead atoms. The van der Waals surface area contributed by atoms with Gasteiger partial charge in [-0.15, -0.1) is 0 Å². The van der Waals surface area contributed by atoms with E-state index in [0.29, 0.717) is 0 Å². The maximum Gasteiger partial charge on any atom is 0.328 e. The summed E-state index contributed by atoms with van der Waals surface area (Å²) in [6.07, 6.45) is 20.1. The van der Waals surface area contributed by atoms with E-state index < -0.39 is 5.97 Å². The molecule has 1 atom stereocenters. The second-order valence-electron chi connectivity index (χ2n) is 5.86. The lowest BCUT2D eigenvalue weighted by molar-refractivity contribution is -0.131. The molecule has 0 amide bonds. The van der Waals surface area contributed by atoms with E-state index in [9.17, 15) is 15.0 Å². The highest BCUT2D eigenvalue weighted by Crippen LogP contribution is 2.11. The summed E-state index contributed by atoms with van der Waals surface area (Å²) in [6, 6.07) is 0.